The van der Waals surface area contributed by atoms with Crippen LogP contribution >= 0.6 is 0 Å². The molecule has 2 N–H and O–H groups in total. The third-order valence-corrected chi connectivity index (χ3v) is 1.22. The minimum Gasteiger partial charge on any atom is -0.485 e. The van der Waals surface area contributed by atoms with Crippen LogP contribution in [0.1, 0.15) is 32.6 Å². The van der Waals surface area contributed by atoms with Crippen LogP contribution in [0.3, 0.4) is 0 Å². The normalized spacial score (nSPS) is 9.36. The highest BCUT2D eigenvalue weighted by Crippen LogP contribution is 2.00. The minimum absolute atomic E-state index is 0.255. The van der Waals surface area contributed by atoms with E-state index in [-0.39, 0.29) is 6.42 Å². The molecule has 0 amide bonds. The standard InChI is InChI=1S/C6H13BO4/c1-2-3-4-5-6(8)11-7(9)10/h9-10H,2-5H2,1H3. The van der Waals surface area contributed by atoms with Gasteiger partial charge in [0, 0.05) is 6.42 Å². The minimum atomic E-state index is -1.97. The van der Waals surface area contributed by atoms with Gasteiger partial charge in [0.1, 0.15) is 0 Å². The van der Waals surface area contributed by atoms with Crippen molar-refractivity contribution < 1.29 is 19.5 Å². The van der Waals surface area contributed by atoms with Gasteiger partial charge in [-0.25, -0.2) is 0 Å². The topological polar surface area (TPSA) is 66.8 Å². The summed E-state index contributed by atoms with van der Waals surface area (Å²) in [6, 6.07) is 0. The summed E-state index contributed by atoms with van der Waals surface area (Å²) in [5, 5.41) is 16.4. The molecule has 0 unspecified atom stereocenters. The fourth-order valence-electron chi connectivity index (χ4n) is 0.696. The van der Waals surface area contributed by atoms with Gasteiger partial charge in [-0.05, 0) is 6.42 Å². The molecule has 0 atom stereocenters. The lowest BCUT2D eigenvalue weighted by molar-refractivity contribution is -0.137. The molecule has 64 valence electrons. The van der Waals surface area contributed by atoms with Crippen LogP contribution in [0.15, 0.2) is 0 Å². The first-order valence-electron chi connectivity index (χ1n) is 3.72. The lowest BCUT2D eigenvalue weighted by atomic mass is 10.2. The van der Waals surface area contributed by atoms with E-state index < -0.39 is 13.3 Å². The molecule has 0 radical (unpaired) electrons. The van der Waals surface area contributed by atoms with Gasteiger partial charge in [0.05, 0.1) is 0 Å². The number of rotatable bonds is 5. The van der Waals surface area contributed by atoms with Crippen LogP contribution in [0.5, 0.6) is 0 Å². The third-order valence-electron chi connectivity index (χ3n) is 1.22. The Morgan fingerprint density at radius 3 is 2.55 bits per heavy atom. The van der Waals surface area contributed by atoms with Crippen LogP contribution in [-0.4, -0.2) is 23.3 Å². The summed E-state index contributed by atoms with van der Waals surface area (Å²) in [6.07, 6.45) is 2.97. The smallest absolute Gasteiger partial charge is 0.485 e. The fraction of sp³-hybridized carbons (Fsp3) is 0.833. The Kier molecular flexibility index (Phi) is 5.88. The van der Waals surface area contributed by atoms with E-state index in [9.17, 15) is 4.79 Å². The summed E-state index contributed by atoms with van der Waals surface area (Å²) in [6.45, 7) is 2.02. The molecule has 0 aromatic rings. The van der Waals surface area contributed by atoms with Crippen LogP contribution in [0.4, 0.5) is 0 Å². The maximum atomic E-state index is 10.6. The van der Waals surface area contributed by atoms with Crippen molar-refractivity contribution in [2.75, 3.05) is 0 Å². The highest BCUT2D eigenvalue weighted by Gasteiger charge is 2.14. The van der Waals surface area contributed by atoms with E-state index in [1.165, 1.54) is 0 Å². The van der Waals surface area contributed by atoms with Gasteiger partial charge in [-0.1, -0.05) is 19.8 Å². The number of carbonyl (C=O) groups excluding carboxylic acids is 1. The largest absolute Gasteiger partial charge is 0.709 e. The monoisotopic (exact) mass is 160 g/mol. The molecule has 0 aromatic heterocycles. The van der Waals surface area contributed by atoms with E-state index in [0.717, 1.165) is 19.3 Å². The lowest BCUT2D eigenvalue weighted by Crippen LogP contribution is -2.21. The van der Waals surface area contributed by atoms with Gasteiger partial charge < -0.3 is 14.7 Å². The summed E-state index contributed by atoms with van der Waals surface area (Å²) < 4.78 is 4.07. The number of hydrogen-bond donors (Lipinski definition) is 2. The summed E-state index contributed by atoms with van der Waals surface area (Å²) >= 11 is 0. The van der Waals surface area contributed by atoms with E-state index in [1.807, 2.05) is 6.92 Å². The zero-order chi connectivity index (χ0) is 8.69. The predicted octanol–water partition coefficient (Wildman–Crippen LogP) is 0.0794. The van der Waals surface area contributed by atoms with Crippen molar-refractivity contribution in [2.45, 2.75) is 32.6 Å². The van der Waals surface area contributed by atoms with E-state index in [2.05, 4.69) is 4.65 Å². The number of hydrogen-bond acceptors (Lipinski definition) is 4. The highest BCUT2D eigenvalue weighted by atomic mass is 16.6. The molecule has 5 heteroatoms. The van der Waals surface area contributed by atoms with Gasteiger partial charge >= 0.3 is 7.32 Å². The average molecular weight is 160 g/mol. The van der Waals surface area contributed by atoms with Crippen LogP contribution in [0, 0.1) is 0 Å². The van der Waals surface area contributed by atoms with E-state index in [4.69, 9.17) is 10.0 Å². The molecule has 0 bridgehead atoms. The Hall–Kier alpha value is -0.545. The first-order chi connectivity index (χ1) is 5.16. The fourth-order valence-corrected chi connectivity index (χ4v) is 0.696. The molecule has 4 nitrogen and oxygen atoms in total. The average Bonchev–Trinajstić information content (AvgIpc) is 1.86. The lowest BCUT2D eigenvalue weighted by Gasteiger charge is -2.01. The Morgan fingerprint density at radius 2 is 2.09 bits per heavy atom. The van der Waals surface area contributed by atoms with E-state index in [1.54, 1.807) is 0 Å². The van der Waals surface area contributed by atoms with Crippen molar-refractivity contribution in [2.24, 2.45) is 0 Å². The first-order valence-corrected chi connectivity index (χ1v) is 3.72. The molecular weight excluding hydrogens is 147 g/mol. The molecule has 0 aliphatic rings. The Morgan fingerprint density at radius 1 is 1.45 bits per heavy atom. The van der Waals surface area contributed by atoms with Crippen molar-refractivity contribution >= 4 is 13.3 Å². The summed E-state index contributed by atoms with van der Waals surface area (Å²) in [5.41, 5.74) is 0. The molecule has 0 saturated carbocycles. The summed E-state index contributed by atoms with van der Waals surface area (Å²) in [5.74, 6) is -0.562. The quantitative estimate of drug-likeness (QED) is 0.441. The number of carbonyl (C=O) groups is 1. The summed E-state index contributed by atoms with van der Waals surface area (Å²) in [4.78, 5) is 10.6. The summed E-state index contributed by atoms with van der Waals surface area (Å²) in [7, 11) is -1.97. The molecule has 11 heavy (non-hydrogen) atoms. The van der Waals surface area contributed by atoms with E-state index in [0.29, 0.717) is 0 Å². The molecule has 0 heterocycles. The van der Waals surface area contributed by atoms with Crippen LogP contribution in [-0.2, 0) is 9.45 Å². The maximum absolute atomic E-state index is 10.6. The third kappa shape index (κ3) is 7.35. The second kappa shape index (κ2) is 6.18. The van der Waals surface area contributed by atoms with Gasteiger partial charge in [0.15, 0.2) is 0 Å². The van der Waals surface area contributed by atoms with Gasteiger partial charge in [0.25, 0.3) is 5.97 Å². The SMILES string of the molecule is CCCCCC(=O)OB(O)O. The van der Waals surface area contributed by atoms with Crippen molar-refractivity contribution in [3.8, 4) is 0 Å². The van der Waals surface area contributed by atoms with Gasteiger partial charge in [-0.2, -0.15) is 0 Å². The van der Waals surface area contributed by atoms with Crippen LogP contribution in [0.2, 0.25) is 0 Å². The maximum Gasteiger partial charge on any atom is 0.709 e. The highest BCUT2D eigenvalue weighted by molar-refractivity contribution is 6.35. The van der Waals surface area contributed by atoms with Crippen LogP contribution in [0.25, 0.3) is 0 Å². The molecule has 0 aromatic carbocycles. The Labute approximate surface area is 66.4 Å². The number of unbranched alkanes of at least 4 members (excludes halogenated alkanes) is 2. The molecule has 0 fully saturated rings. The molecule has 0 spiro atoms. The zero-order valence-corrected chi connectivity index (χ0v) is 6.62. The second-order valence-corrected chi connectivity index (χ2v) is 2.27. The Balaban J connectivity index is 3.23. The van der Waals surface area contributed by atoms with Crippen molar-refractivity contribution in [3.05, 3.63) is 0 Å². The molecule has 0 aliphatic heterocycles. The van der Waals surface area contributed by atoms with E-state index >= 15 is 0 Å². The predicted molar refractivity (Wildman–Crippen MR) is 40.4 cm³/mol. The molecule has 0 saturated heterocycles. The zero-order valence-electron chi connectivity index (χ0n) is 6.62. The van der Waals surface area contributed by atoms with Gasteiger partial charge in [-0.3, -0.25) is 4.79 Å². The van der Waals surface area contributed by atoms with Crippen LogP contribution < -0.4 is 0 Å². The van der Waals surface area contributed by atoms with Gasteiger partial charge in [0.2, 0.25) is 0 Å². The Bertz CT molecular complexity index is 115. The van der Waals surface area contributed by atoms with Crippen molar-refractivity contribution in [3.63, 3.8) is 0 Å². The molecule has 0 aliphatic carbocycles. The van der Waals surface area contributed by atoms with Gasteiger partial charge in [-0.15, -0.1) is 0 Å². The molecule has 0 rings (SSSR count). The second-order valence-electron chi connectivity index (χ2n) is 2.27. The first kappa shape index (κ1) is 10.5. The van der Waals surface area contributed by atoms with Crippen molar-refractivity contribution in [1.82, 2.24) is 0 Å². The van der Waals surface area contributed by atoms with Crippen molar-refractivity contribution in [1.29, 1.82) is 0 Å². The molecular formula is C6H13BO4.